The Morgan fingerprint density at radius 1 is 1.08 bits per heavy atom. The van der Waals surface area contributed by atoms with Crippen LogP contribution in [0, 0.1) is 5.92 Å². The van der Waals surface area contributed by atoms with Crippen LogP contribution in [0.2, 0.25) is 5.02 Å². The average molecular weight is 373 g/mol. The quantitative estimate of drug-likeness (QED) is 0.614. The lowest BCUT2D eigenvalue weighted by molar-refractivity contribution is -0.244. The molecule has 0 spiro atoms. The van der Waals surface area contributed by atoms with Crippen molar-refractivity contribution in [2.45, 2.75) is 38.6 Å². The number of rotatable bonds is 6. The molecule has 3 nitrogen and oxygen atoms in total. The molecule has 1 unspecified atom stereocenters. The van der Waals surface area contributed by atoms with Crippen LogP contribution < -0.4 is 0 Å². The fourth-order valence-corrected chi connectivity index (χ4v) is 3.44. The van der Waals surface area contributed by atoms with Gasteiger partial charge in [0, 0.05) is 22.1 Å². The van der Waals surface area contributed by atoms with Crippen LogP contribution in [0.5, 0.6) is 5.75 Å². The van der Waals surface area contributed by atoms with Gasteiger partial charge in [0.15, 0.2) is 6.29 Å². The number of unbranched alkanes of at least 4 members (excludes halogenated alkanes) is 1. The molecule has 1 aliphatic rings. The van der Waals surface area contributed by atoms with Crippen LogP contribution in [-0.4, -0.2) is 11.7 Å². The summed E-state index contributed by atoms with van der Waals surface area (Å²) < 4.78 is 12.3. The van der Waals surface area contributed by atoms with E-state index in [4.69, 9.17) is 21.1 Å². The third-order valence-electron chi connectivity index (χ3n) is 4.62. The van der Waals surface area contributed by atoms with Crippen molar-refractivity contribution in [3.05, 3.63) is 76.8 Å². The van der Waals surface area contributed by atoms with Crippen molar-refractivity contribution >= 4 is 11.6 Å². The van der Waals surface area contributed by atoms with Gasteiger partial charge >= 0.3 is 0 Å². The zero-order valence-corrected chi connectivity index (χ0v) is 15.7. The molecule has 1 saturated heterocycles. The highest BCUT2D eigenvalue weighted by atomic mass is 35.5. The SMILES string of the molecule is CCC/C=C\C[C@@H]1COC(c2ccccc2Cl)O[C@@H]1c1ccccc1O. The molecule has 2 aromatic rings. The Morgan fingerprint density at radius 3 is 2.54 bits per heavy atom. The molecule has 0 saturated carbocycles. The van der Waals surface area contributed by atoms with E-state index in [0.717, 1.165) is 30.4 Å². The Kier molecular flexibility index (Phi) is 6.73. The molecule has 0 radical (unpaired) electrons. The Hall–Kier alpha value is -1.81. The van der Waals surface area contributed by atoms with E-state index < -0.39 is 6.29 Å². The number of para-hydroxylation sites is 1. The molecule has 4 heteroatoms. The van der Waals surface area contributed by atoms with Crippen LogP contribution in [-0.2, 0) is 9.47 Å². The van der Waals surface area contributed by atoms with E-state index in [-0.39, 0.29) is 17.8 Å². The molecule has 2 aromatic carbocycles. The van der Waals surface area contributed by atoms with Gasteiger partial charge in [-0.25, -0.2) is 0 Å². The summed E-state index contributed by atoms with van der Waals surface area (Å²) in [6.45, 7) is 2.71. The number of ether oxygens (including phenoxy) is 2. The molecule has 0 aromatic heterocycles. The summed E-state index contributed by atoms with van der Waals surface area (Å²) in [6, 6.07) is 14.9. The first-order chi connectivity index (χ1) is 12.7. The van der Waals surface area contributed by atoms with Gasteiger partial charge in [-0.05, 0) is 25.0 Å². The lowest BCUT2D eigenvalue weighted by Crippen LogP contribution is -2.30. The van der Waals surface area contributed by atoms with Crippen molar-refractivity contribution in [1.29, 1.82) is 0 Å². The second kappa shape index (κ2) is 9.22. The molecule has 138 valence electrons. The predicted molar refractivity (Wildman–Crippen MR) is 104 cm³/mol. The summed E-state index contributed by atoms with van der Waals surface area (Å²) in [6.07, 6.45) is 6.63. The van der Waals surface area contributed by atoms with Crippen molar-refractivity contribution in [2.75, 3.05) is 6.61 Å². The van der Waals surface area contributed by atoms with E-state index in [1.165, 1.54) is 0 Å². The summed E-state index contributed by atoms with van der Waals surface area (Å²) in [5, 5.41) is 11.0. The second-order valence-electron chi connectivity index (χ2n) is 6.56. The minimum atomic E-state index is -0.538. The Balaban J connectivity index is 1.84. The summed E-state index contributed by atoms with van der Waals surface area (Å²) in [4.78, 5) is 0. The van der Waals surface area contributed by atoms with Crippen LogP contribution >= 0.6 is 11.6 Å². The number of hydrogen-bond donors (Lipinski definition) is 1. The van der Waals surface area contributed by atoms with Crippen LogP contribution in [0.3, 0.4) is 0 Å². The number of halogens is 1. The second-order valence-corrected chi connectivity index (χ2v) is 6.97. The molecule has 26 heavy (non-hydrogen) atoms. The van der Waals surface area contributed by atoms with Gasteiger partial charge in [0.1, 0.15) is 5.75 Å². The molecule has 3 rings (SSSR count). The first kappa shape index (κ1) is 19.0. The Labute approximate surface area is 160 Å². The number of hydrogen-bond acceptors (Lipinski definition) is 3. The van der Waals surface area contributed by atoms with Crippen molar-refractivity contribution in [2.24, 2.45) is 5.92 Å². The topological polar surface area (TPSA) is 38.7 Å². The van der Waals surface area contributed by atoms with Gasteiger partial charge in [0.25, 0.3) is 0 Å². The Bertz CT molecular complexity index is 744. The summed E-state index contributed by atoms with van der Waals surface area (Å²) >= 11 is 6.32. The van der Waals surface area contributed by atoms with E-state index in [1.807, 2.05) is 42.5 Å². The zero-order valence-electron chi connectivity index (χ0n) is 15.0. The van der Waals surface area contributed by atoms with Crippen LogP contribution in [0.1, 0.15) is 49.7 Å². The highest BCUT2D eigenvalue weighted by molar-refractivity contribution is 6.31. The van der Waals surface area contributed by atoms with Gasteiger partial charge in [0.05, 0.1) is 12.7 Å². The predicted octanol–water partition coefficient (Wildman–Crippen LogP) is 6.19. The molecule has 0 bridgehead atoms. The molecule has 3 atom stereocenters. The highest BCUT2D eigenvalue weighted by Crippen LogP contribution is 2.43. The van der Waals surface area contributed by atoms with E-state index >= 15 is 0 Å². The zero-order chi connectivity index (χ0) is 18.4. The van der Waals surface area contributed by atoms with Gasteiger partial charge in [-0.1, -0.05) is 73.5 Å². The summed E-state index contributed by atoms with van der Waals surface area (Å²) in [5.41, 5.74) is 1.61. The third kappa shape index (κ3) is 4.47. The molecule has 1 N–H and O–H groups in total. The third-order valence-corrected chi connectivity index (χ3v) is 4.97. The van der Waals surface area contributed by atoms with Crippen LogP contribution in [0.4, 0.5) is 0 Å². The van der Waals surface area contributed by atoms with Crippen molar-refractivity contribution in [3.63, 3.8) is 0 Å². The fraction of sp³-hybridized carbons (Fsp3) is 0.364. The van der Waals surface area contributed by atoms with E-state index in [9.17, 15) is 5.11 Å². The number of aromatic hydroxyl groups is 1. The van der Waals surface area contributed by atoms with E-state index in [1.54, 1.807) is 6.07 Å². The van der Waals surface area contributed by atoms with E-state index in [2.05, 4.69) is 19.1 Å². The first-order valence-electron chi connectivity index (χ1n) is 9.15. The number of phenolic OH excluding ortho intramolecular Hbond substituents is 1. The first-order valence-corrected chi connectivity index (χ1v) is 9.53. The smallest absolute Gasteiger partial charge is 0.186 e. The van der Waals surface area contributed by atoms with Crippen LogP contribution in [0.15, 0.2) is 60.7 Å². The number of phenols is 1. The van der Waals surface area contributed by atoms with Crippen molar-refractivity contribution in [1.82, 2.24) is 0 Å². The molecule has 0 amide bonds. The van der Waals surface area contributed by atoms with Gasteiger partial charge in [-0.3, -0.25) is 0 Å². The largest absolute Gasteiger partial charge is 0.508 e. The van der Waals surface area contributed by atoms with Crippen LogP contribution in [0.25, 0.3) is 0 Å². The van der Waals surface area contributed by atoms with Gasteiger partial charge in [-0.2, -0.15) is 0 Å². The van der Waals surface area contributed by atoms with Gasteiger partial charge < -0.3 is 14.6 Å². The Morgan fingerprint density at radius 2 is 1.81 bits per heavy atom. The molecule has 1 heterocycles. The monoisotopic (exact) mass is 372 g/mol. The fourth-order valence-electron chi connectivity index (χ4n) is 3.21. The van der Waals surface area contributed by atoms with Gasteiger partial charge in [-0.15, -0.1) is 0 Å². The molecular formula is C22H25ClO3. The maximum Gasteiger partial charge on any atom is 0.186 e. The average Bonchev–Trinajstić information content (AvgIpc) is 2.66. The molecule has 0 aliphatic carbocycles. The molecular weight excluding hydrogens is 348 g/mol. The minimum absolute atomic E-state index is 0.134. The van der Waals surface area contributed by atoms with Crippen molar-refractivity contribution < 1.29 is 14.6 Å². The minimum Gasteiger partial charge on any atom is -0.508 e. The van der Waals surface area contributed by atoms with Gasteiger partial charge in [0.2, 0.25) is 0 Å². The van der Waals surface area contributed by atoms with E-state index in [0.29, 0.717) is 11.6 Å². The lowest BCUT2D eigenvalue weighted by atomic mass is 9.91. The summed E-state index contributed by atoms with van der Waals surface area (Å²) in [7, 11) is 0. The number of benzene rings is 2. The number of allylic oxidation sites excluding steroid dienone is 2. The molecule has 1 aliphatic heterocycles. The highest BCUT2D eigenvalue weighted by Gasteiger charge is 2.35. The normalized spacial score (nSPS) is 23.4. The standard InChI is InChI=1S/C22H25ClO3/c1-2-3-4-5-10-16-15-25-22(17-11-6-8-13-19(17)23)26-21(16)18-12-7-9-14-20(18)24/h4-9,11-14,16,21-22,24H,2-3,10,15H2,1H3/b5-4-/t16-,21+,22?/m1/s1. The maximum absolute atomic E-state index is 10.3. The summed E-state index contributed by atoms with van der Waals surface area (Å²) in [5.74, 6) is 0.384. The van der Waals surface area contributed by atoms with Crippen molar-refractivity contribution in [3.8, 4) is 5.75 Å². The maximum atomic E-state index is 10.3. The lowest BCUT2D eigenvalue weighted by Gasteiger charge is -2.37. The molecule has 1 fully saturated rings.